The highest BCUT2D eigenvalue weighted by molar-refractivity contribution is 14.1. The molecule has 0 saturated carbocycles. The zero-order valence-corrected chi connectivity index (χ0v) is 12.5. The molecule has 1 unspecified atom stereocenters. The molecular formula is C13H18INO2. The highest BCUT2D eigenvalue weighted by Crippen LogP contribution is 2.13. The van der Waals surface area contributed by atoms with Gasteiger partial charge < -0.3 is 10.4 Å². The van der Waals surface area contributed by atoms with E-state index in [0.29, 0.717) is 12.1 Å². The molecular weight excluding hydrogens is 329 g/mol. The Balaban J connectivity index is 2.61. The first kappa shape index (κ1) is 14.4. The molecule has 1 amide bonds. The number of amides is 1. The molecule has 0 radical (unpaired) electrons. The van der Waals surface area contributed by atoms with Crippen molar-refractivity contribution in [3.8, 4) is 0 Å². The maximum atomic E-state index is 11.8. The van der Waals surface area contributed by atoms with Gasteiger partial charge in [0.25, 0.3) is 5.91 Å². The molecule has 4 heteroatoms. The van der Waals surface area contributed by atoms with E-state index in [-0.39, 0.29) is 11.8 Å². The predicted molar refractivity (Wildman–Crippen MR) is 77.1 cm³/mol. The van der Waals surface area contributed by atoms with E-state index in [4.69, 9.17) is 0 Å². The summed E-state index contributed by atoms with van der Waals surface area (Å²) in [5, 5.41) is 12.3. The Kier molecular flexibility index (Phi) is 5.39. The summed E-state index contributed by atoms with van der Waals surface area (Å²) in [6.45, 7) is 6.14. The van der Waals surface area contributed by atoms with Crippen molar-refractivity contribution >= 4 is 28.5 Å². The van der Waals surface area contributed by atoms with Crippen molar-refractivity contribution in [1.82, 2.24) is 5.32 Å². The Bertz CT molecular complexity index is 404. The predicted octanol–water partition coefficient (Wildman–Crippen LogP) is 2.35. The maximum Gasteiger partial charge on any atom is 0.251 e. The first-order chi connectivity index (χ1) is 7.91. The van der Waals surface area contributed by atoms with Crippen molar-refractivity contribution in [2.24, 2.45) is 5.92 Å². The molecule has 0 saturated heterocycles. The van der Waals surface area contributed by atoms with Gasteiger partial charge in [-0.2, -0.15) is 0 Å². The van der Waals surface area contributed by atoms with Crippen LogP contribution in [0.1, 0.15) is 29.8 Å². The summed E-state index contributed by atoms with van der Waals surface area (Å²) < 4.78 is 1.07. The lowest BCUT2D eigenvalue weighted by Gasteiger charge is -2.15. The average Bonchev–Trinajstić information content (AvgIpc) is 2.28. The van der Waals surface area contributed by atoms with Crippen molar-refractivity contribution < 1.29 is 9.90 Å². The first-order valence-electron chi connectivity index (χ1n) is 5.64. The van der Waals surface area contributed by atoms with Gasteiger partial charge in [0.05, 0.1) is 6.10 Å². The molecule has 0 heterocycles. The molecule has 1 aromatic carbocycles. The number of rotatable bonds is 4. The van der Waals surface area contributed by atoms with Crippen molar-refractivity contribution in [2.75, 3.05) is 6.54 Å². The van der Waals surface area contributed by atoms with E-state index >= 15 is 0 Å². The Labute approximate surface area is 116 Å². The van der Waals surface area contributed by atoms with Gasteiger partial charge in [0.2, 0.25) is 0 Å². The minimum atomic E-state index is -0.497. The number of benzene rings is 1. The second kappa shape index (κ2) is 6.35. The summed E-state index contributed by atoms with van der Waals surface area (Å²) in [5.74, 6) is 0.0102. The smallest absolute Gasteiger partial charge is 0.251 e. The number of aliphatic hydroxyl groups is 1. The fourth-order valence-electron chi connectivity index (χ4n) is 1.27. The van der Waals surface area contributed by atoms with Crippen molar-refractivity contribution in [3.05, 3.63) is 32.9 Å². The Morgan fingerprint density at radius 1 is 1.47 bits per heavy atom. The fraction of sp³-hybridized carbons (Fsp3) is 0.462. The lowest BCUT2D eigenvalue weighted by atomic mass is 10.1. The fourth-order valence-corrected chi connectivity index (χ4v) is 1.78. The number of carbonyl (C=O) groups is 1. The number of hydrogen-bond acceptors (Lipinski definition) is 2. The van der Waals surface area contributed by atoms with Gasteiger partial charge >= 0.3 is 0 Å². The lowest BCUT2D eigenvalue weighted by Crippen LogP contribution is -2.34. The van der Waals surface area contributed by atoms with Crippen LogP contribution >= 0.6 is 22.6 Å². The van der Waals surface area contributed by atoms with Crippen LogP contribution in [0.2, 0.25) is 0 Å². The Morgan fingerprint density at radius 3 is 2.65 bits per heavy atom. The largest absolute Gasteiger partial charge is 0.391 e. The zero-order valence-electron chi connectivity index (χ0n) is 10.3. The van der Waals surface area contributed by atoms with Crippen molar-refractivity contribution in [1.29, 1.82) is 0 Å². The van der Waals surface area contributed by atoms with Crippen LogP contribution in [0.25, 0.3) is 0 Å². The van der Waals surface area contributed by atoms with Crippen LogP contribution in [0.5, 0.6) is 0 Å². The summed E-state index contributed by atoms with van der Waals surface area (Å²) in [7, 11) is 0. The van der Waals surface area contributed by atoms with Crippen molar-refractivity contribution in [2.45, 2.75) is 26.9 Å². The third-order valence-corrected chi connectivity index (χ3v) is 3.84. The molecule has 1 rings (SSSR count). The molecule has 0 aliphatic heterocycles. The van der Waals surface area contributed by atoms with E-state index in [1.165, 1.54) is 0 Å². The van der Waals surface area contributed by atoms with Gasteiger partial charge in [-0.15, -0.1) is 0 Å². The second-order valence-corrected chi connectivity index (χ2v) is 5.65. The highest BCUT2D eigenvalue weighted by atomic mass is 127. The number of carbonyl (C=O) groups excluding carboxylic acids is 1. The monoisotopic (exact) mass is 347 g/mol. The van der Waals surface area contributed by atoms with Gasteiger partial charge in [-0.05, 0) is 53.1 Å². The number of aliphatic hydroxyl groups excluding tert-OH is 1. The van der Waals surface area contributed by atoms with E-state index in [0.717, 1.165) is 9.13 Å². The standard InChI is InChI=1S/C13H18INO2/c1-8(2)12(16)7-15-13(17)10-5-4-9(3)11(14)6-10/h4-6,8,12,16H,7H2,1-3H3,(H,15,17). The van der Waals surface area contributed by atoms with Gasteiger partial charge in [0, 0.05) is 15.7 Å². The van der Waals surface area contributed by atoms with E-state index < -0.39 is 6.10 Å². The number of hydrogen-bond donors (Lipinski definition) is 2. The third kappa shape index (κ3) is 4.27. The third-order valence-electron chi connectivity index (χ3n) is 2.68. The van der Waals surface area contributed by atoms with E-state index in [9.17, 15) is 9.90 Å². The molecule has 0 aliphatic carbocycles. The SMILES string of the molecule is Cc1ccc(C(=O)NCC(O)C(C)C)cc1I. The molecule has 17 heavy (non-hydrogen) atoms. The molecule has 1 atom stereocenters. The Hall–Kier alpha value is -0.620. The van der Waals surface area contributed by atoms with Crippen LogP contribution in [0.4, 0.5) is 0 Å². The molecule has 3 nitrogen and oxygen atoms in total. The van der Waals surface area contributed by atoms with E-state index in [2.05, 4.69) is 27.9 Å². The average molecular weight is 347 g/mol. The number of nitrogens with one attached hydrogen (secondary N) is 1. The molecule has 2 N–H and O–H groups in total. The molecule has 0 aromatic heterocycles. The summed E-state index contributed by atoms with van der Waals surface area (Å²) >= 11 is 2.21. The second-order valence-electron chi connectivity index (χ2n) is 4.49. The van der Waals surface area contributed by atoms with Gasteiger partial charge in [0.15, 0.2) is 0 Å². The minimum Gasteiger partial charge on any atom is -0.391 e. The van der Waals surface area contributed by atoms with Crippen molar-refractivity contribution in [3.63, 3.8) is 0 Å². The molecule has 1 aromatic rings. The summed E-state index contributed by atoms with van der Waals surface area (Å²) in [6.07, 6.45) is -0.497. The summed E-state index contributed by atoms with van der Waals surface area (Å²) in [5.41, 5.74) is 1.79. The summed E-state index contributed by atoms with van der Waals surface area (Å²) in [6, 6.07) is 5.58. The molecule has 94 valence electrons. The van der Waals surface area contributed by atoms with Gasteiger partial charge in [-0.3, -0.25) is 4.79 Å². The maximum absolute atomic E-state index is 11.8. The molecule has 0 aliphatic rings. The quantitative estimate of drug-likeness (QED) is 0.822. The highest BCUT2D eigenvalue weighted by Gasteiger charge is 2.12. The number of halogens is 1. The van der Waals surface area contributed by atoms with Gasteiger partial charge in [-0.1, -0.05) is 19.9 Å². The zero-order chi connectivity index (χ0) is 13.0. The number of aryl methyl sites for hydroxylation is 1. The molecule has 0 fully saturated rings. The van der Waals surface area contributed by atoms with Crippen LogP contribution in [0.15, 0.2) is 18.2 Å². The first-order valence-corrected chi connectivity index (χ1v) is 6.72. The van der Waals surface area contributed by atoms with Crippen LogP contribution in [0.3, 0.4) is 0 Å². The van der Waals surface area contributed by atoms with E-state index in [1.807, 2.05) is 32.9 Å². The van der Waals surface area contributed by atoms with Gasteiger partial charge in [0.1, 0.15) is 0 Å². The van der Waals surface area contributed by atoms with Crippen LogP contribution in [-0.4, -0.2) is 23.7 Å². The summed E-state index contributed by atoms with van der Waals surface area (Å²) in [4.78, 5) is 11.8. The van der Waals surface area contributed by atoms with Crippen LogP contribution < -0.4 is 5.32 Å². The van der Waals surface area contributed by atoms with E-state index in [1.54, 1.807) is 6.07 Å². The van der Waals surface area contributed by atoms with Gasteiger partial charge in [-0.25, -0.2) is 0 Å². The molecule has 0 spiro atoms. The minimum absolute atomic E-state index is 0.136. The Morgan fingerprint density at radius 2 is 2.12 bits per heavy atom. The van der Waals surface area contributed by atoms with Crippen LogP contribution in [-0.2, 0) is 0 Å². The molecule has 0 bridgehead atoms. The van der Waals surface area contributed by atoms with Crippen LogP contribution in [0, 0.1) is 16.4 Å². The normalized spacial score (nSPS) is 12.6. The lowest BCUT2D eigenvalue weighted by molar-refractivity contribution is 0.0871. The topological polar surface area (TPSA) is 49.3 Å².